The highest BCUT2D eigenvalue weighted by Crippen LogP contribution is 2.34. The number of carbonyl (C=O) groups is 1. The summed E-state index contributed by atoms with van der Waals surface area (Å²) in [4.78, 5) is 11.2. The van der Waals surface area contributed by atoms with Crippen LogP contribution in [0.3, 0.4) is 0 Å². The van der Waals surface area contributed by atoms with E-state index in [9.17, 15) is 9.90 Å². The molecule has 1 aliphatic rings. The zero-order valence-electron chi connectivity index (χ0n) is 8.66. The molecule has 0 unspecified atom stereocenters. The maximum absolute atomic E-state index is 11.2. The van der Waals surface area contributed by atoms with Crippen LogP contribution in [0, 0.1) is 5.92 Å². The molecule has 0 aromatic carbocycles. The van der Waals surface area contributed by atoms with Gasteiger partial charge >= 0.3 is 5.97 Å². The van der Waals surface area contributed by atoms with Gasteiger partial charge in [0, 0.05) is 0 Å². The van der Waals surface area contributed by atoms with E-state index >= 15 is 0 Å². The molecular formula is C11H18O3. The lowest BCUT2D eigenvalue weighted by Crippen LogP contribution is -2.35. The van der Waals surface area contributed by atoms with Crippen LogP contribution in [-0.4, -0.2) is 23.8 Å². The van der Waals surface area contributed by atoms with Crippen molar-refractivity contribution in [1.82, 2.24) is 0 Å². The van der Waals surface area contributed by atoms with E-state index in [1.165, 1.54) is 7.11 Å². The molecule has 80 valence electrons. The number of carbonyl (C=O) groups excluding carboxylic acids is 1. The zero-order valence-corrected chi connectivity index (χ0v) is 8.66. The van der Waals surface area contributed by atoms with Gasteiger partial charge in [-0.15, -0.1) is 6.58 Å². The van der Waals surface area contributed by atoms with Crippen molar-refractivity contribution in [3.8, 4) is 0 Å². The van der Waals surface area contributed by atoms with Crippen molar-refractivity contribution >= 4 is 5.97 Å². The van der Waals surface area contributed by atoms with Gasteiger partial charge in [-0.25, -0.2) is 0 Å². The van der Waals surface area contributed by atoms with Crippen molar-refractivity contribution in [2.75, 3.05) is 7.11 Å². The quantitative estimate of drug-likeness (QED) is 0.554. The summed E-state index contributed by atoms with van der Waals surface area (Å²) in [6, 6.07) is 0. The molecule has 1 aliphatic carbocycles. The van der Waals surface area contributed by atoms with E-state index in [4.69, 9.17) is 0 Å². The third-order valence-electron chi connectivity index (χ3n) is 2.98. The van der Waals surface area contributed by atoms with Crippen LogP contribution in [0.15, 0.2) is 12.7 Å². The van der Waals surface area contributed by atoms with E-state index in [1.54, 1.807) is 6.08 Å². The lowest BCUT2D eigenvalue weighted by molar-refractivity contribution is -0.148. The van der Waals surface area contributed by atoms with Crippen LogP contribution in [0.4, 0.5) is 0 Å². The molecule has 1 saturated carbocycles. The molecule has 0 bridgehead atoms. The summed E-state index contributed by atoms with van der Waals surface area (Å²) in [5.74, 6) is -0.171. The van der Waals surface area contributed by atoms with Gasteiger partial charge in [-0.2, -0.15) is 0 Å². The van der Waals surface area contributed by atoms with Crippen LogP contribution < -0.4 is 0 Å². The molecule has 0 spiro atoms. The molecule has 0 radical (unpaired) electrons. The van der Waals surface area contributed by atoms with Gasteiger partial charge in [-0.05, 0) is 32.1 Å². The van der Waals surface area contributed by atoms with Crippen LogP contribution in [0.25, 0.3) is 0 Å². The molecule has 0 aromatic rings. The second-order valence-electron chi connectivity index (χ2n) is 4.01. The normalized spacial score (nSPS) is 32.3. The van der Waals surface area contributed by atoms with Gasteiger partial charge in [0.1, 0.15) is 0 Å². The largest absolute Gasteiger partial charge is 0.469 e. The Kier molecular flexibility index (Phi) is 3.69. The van der Waals surface area contributed by atoms with Gasteiger partial charge in [-0.3, -0.25) is 4.79 Å². The molecule has 0 amide bonds. The Morgan fingerprint density at radius 2 is 2.21 bits per heavy atom. The minimum atomic E-state index is -0.633. The van der Waals surface area contributed by atoms with Gasteiger partial charge in [0.15, 0.2) is 0 Å². The summed E-state index contributed by atoms with van der Waals surface area (Å²) >= 11 is 0. The molecule has 0 saturated heterocycles. The summed E-state index contributed by atoms with van der Waals surface area (Å²) in [7, 11) is 1.41. The Balaban J connectivity index is 2.45. The highest BCUT2D eigenvalue weighted by Gasteiger charge is 2.34. The van der Waals surface area contributed by atoms with Crippen molar-refractivity contribution in [3.63, 3.8) is 0 Å². The number of hydrogen-bond acceptors (Lipinski definition) is 3. The predicted octanol–water partition coefficient (Wildman–Crippen LogP) is 1.66. The molecule has 1 rings (SSSR count). The number of hydrogen-bond donors (Lipinski definition) is 1. The highest BCUT2D eigenvalue weighted by molar-refractivity contribution is 5.72. The predicted molar refractivity (Wildman–Crippen MR) is 53.7 cm³/mol. The van der Waals surface area contributed by atoms with Crippen molar-refractivity contribution < 1.29 is 14.6 Å². The van der Waals surface area contributed by atoms with Gasteiger partial charge < -0.3 is 9.84 Å². The molecule has 1 fully saturated rings. The van der Waals surface area contributed by atoms with Crippen LogP contribution in [0.5, 0.6) is 0 Å². The van der Waals surface area contributed by atoms with E-state index < -0.39 is 5.60 Å². The van der Waals surface area contributed by atoms with Gasteiger partial charge in [0.2, 0.25) is 0 Å². The first-order chi connectivity index (χ1) is 6.61. The SMILES string of the molecule is C=CC[C@]1(O)CC[C@@H](C(=O)OC)CC1. The highest BCUT2D eigenvalue weighted by atomic mass is 16.5. The second kappa shape index (κ2) is 4.60. The number of aliphatic hydroxyl groups is 1. The summed E-state index contributed by atoms with van der Waals surface area (Å²) < 4.78 is 4.68. The first-order valence-electron chi connectivity index (χ1n) is 5.02. The number of rotatable bonds is 3. The summed E-state index contributed by atoms with van der Waals surface area (Å²) in [6.07, 6.45) is 5.12. The van der Waals surface area contributed by atoms with E-state index in [0.717, 1.165) is 12.8 Å². The Hall–Kier alpha value is -0.830. The van der Waals surface area contributed by atoms with Crippen molar-refractivity contribution in [3.05, 3.63) is 12.7 Å². The fourth-order valence-corrected chi connectivity index (χ4v) is 2.03. The molecule has 1 N–H and O–H groups in total. The first-order valence-corrected chi connectivity index (χ1v) is 5.02. The van der Waals surface area contributed by atoms with E-state index in [-0.39, 0.29) is 11.9 Å². The van der Waals surface area contributed by atoms with Crippen molar-refractivity contribution in [2.45, 2.75) is 37.7 Å². The molecule has 14 heavy (non-hydrogen) atoms. The molecule has 0 heterocycles. The molecule has 3 heteroatoms. The molecular weight excluding hydrogens is 180 g/mol. The Morgan fingerprint density at radius 1 is 1.64 bits per heavy atom. The third-order valence-corrected chi connectivity index (χ3v) is 2.98. The summed E-state index contributed by atoms with van der Waals surface area (Å²) in [6.45, 7) is 3.62. The van der Waals surface area contributed by atoms with E-state index in [1.807, 2.05) is 0 Å². The molecule has 0 atom stereocenters. The standard InChI is InChI=1S/C11H18O3/c1-3-6-11(13)7-4-9(5-8-11)10(12)14-2/h3,9,13H,1,4-8H2,2H3/t9-,11+. The van der Waals surface area contributed by atoms with Crippen LogP contribution in [0.1, 0.15) is 32.1 Å². The summed E-state index contributed by atoms with van der Waals surface area (Å²) in [5, 5.41) is 10.0. The average molecular weight is 198 g/mol. The lowest BCUT2D eigenvalue weighted by Gasteiger charge is -2.34. The number of methoxy groups -OCH3 is 1. The number of ether oxygens (including phenoxy) is 1. The maximum Gasteiger partial charge on any atom is 0.308 e. The Labute approximate surface area is 84.8 Å². The van der Waals surface area contributed by atoms with E-state index in [0.29, 0.717) is 19.3 Å². The summed E-state index contributed by atoms with van der Waals surface area (Å²) in [5.41, 5.74) is -0.633. The Bertz CT molecular complexity index is 215. The molecule has 3 nitrogen and oxygen atoms in total. The fourth-order valence-electron chi connectivity index (χ4n) is 2.03. The van der Waals surface area contributed by atoms with Crippen molar-refractivity contribution in [2.24, 2.45) is 5.92 Å². The topological polar surface area (TPSA) is 46.5 Å². The average Bonchev–Trinajstić information content (AvgIpc) is 2.18. The fraction of sp³-hybridized carbons (Fsp3) is 0.727. The third kappa shape index (κ3) is 2.58. The van der Waals surface area contributed by atoms with Gasteiger partial charge in [-0.1, -0.05) is 6.08 Å². The Morgan fingerprint density at radius 3 is 2.64 bits per heavy atom. The molecule has 0 aromatic heterocycles. The van der Waals surface area contributed by atoms with Gasteiger partial charge in [0.05, 0.1) is 18.6 Å². The van der Waals surface area contributed by atoms with Crippen LogP contribution in [-0.2, 0) is 9.53 Å². The molecule has 0 aliphatic heterocycles. The van der Waals surface area contributed by atoms with Crippen LogP contribution in [0.2, 0.25) is 0 Å². The minimum absolute atomic E-state index is 0.0231. The number of esters is 1. The lowest BCUT2D eigenvalue weighted by atomic mass is 9.77. The second-order valence-corrected chi connectivity index (χ2v) is 4.01. The minimum Gasteiger partial charge on any atom is -0.469 e. The maximum atomic E-state index is 11.2. The zero-order chi connectivity index (χ0) is 10.6. The van der Waals surface area contributed by atoms with Gasteiger partial charge in [0.25, 0.3) is 0 Å². The van der Waals surface area contributed by atoms with Crippen molar-refractivity contribution in [1.29, 1.82) is 0 Å². The smallest absolute Gasteiger partial charge is 0.308 e. The monoisotopic (exact) mass is 198 g/mol. The first kappa shape index (κ1) is 11.2. The van der Waals surface area contributed by atoms with Crippen LogP contribution >= 0.6 is 0 Å². The van der Waals surface area contributed by atoms with E-state index in [2.05, 4.69) is 11.3 Å².